The summed E-state index contributed by atoms with van der Waals surface area (Å²) in [6.07, 6.45) is 6.85. The topological polar surface area (TPSA) is 66.0 Å². The van der Waals surface area contributed by atoms with E-state index in [2.05, 4.69) is 45.0 Å². The lowest BCUT2D eigenvalue weighted by molar-refractivity contribution is 0.670. The van der Waals surface area contributed by atoms with Crippen molar-refractivity contribution in [2.45, 2.75) is 13.0 Å². The number of nitrogens with zero attached hydrogens (tertiary/aromatic N) is 5. The summed E-state index contributed by atoms with van der Waals surface area (Å²) in [5.74, 6) is 0. The van der Waals surface area contributed by atoms with Crippen molar-refractivity contribution in [1.82, 2.24) is 19.3 Å². The number of aryl methyl sites for hydroxylation is 2. The average molecular weight is 406 g/mol. The fourth-order valence-corrected chi connectivity index (χ4v) is 4.14. The Labute approximate surface area is 180 Å². The quantitative estimate of drug-likeness (QED) is 0.410. The van der Waals surface area contributed by atoms with Crippen LogP contribution in [-0.4, -0.2) is 25.9 Å². The first-order valence-electron chi connectivity index (χ1n) is 10.3. The molecule has 0 radical (unpaired) electrons. The number of hydrogen-bond donors (Lipinski definition) is 1. The van der Waals surface area contributed by atoms with Crippen molar-refractivity contribution in [2.24, 2.45) is 12.8 Å². The highest BCUT2D eigenvalue weighted by atomic mass is 15.2. The van der Waals surface area contributed by atoms with Gasteiger partial charge in [-0.05, 0) is 36.7 Å². The molecular weight excluding hydrogens is 384 g/mol. The van der Waals surface area contributed by atoms with E-state index in [0.717, 1.165) is 57.2 Å². The largest absolute Gasteiger partial charge is 0.346 e. The van der Waals surface area contributed by atoms with Gasteiger partial charge in [0, 0.05) is 41.7 Å². The lowest BCUT2D eigenvalue weighted by atomic mass is 9.95. The average Bonchev–Trinajstić information content (AvgIpc) is 3.40. The SMILES string of the molecule is [C-]#[N+]c1ccc(-c2c(-c3ccc4c(cnn4C)c3)ncc3c2ccn3CCCN)cc1. The van der Waals surface area contributed by atoms with Crippen LogP contribution in [0.25, 0.3) is 49.0 Å². The summed E-state index contributed by atoms with van der Waals surface area (Å²) in [6.45, 7) is 8.78. The molecule has 0 unspecified atom stereocenters. The Morgan fingerprint density at radius 1 is 1.00 bits per heavy atom. The van der Waals surface area contributed by atoms with Crippen molar-refractivity contribution >= 4 is 27.5 Å². The molecule has 31 heavy (non-hydrogen) atoms. The Kier molecular flexibility index (Phi) is 4.73. The van der Waals surface area contributed by atoms with Gasteiger partial charge in [0.2, 0.25) is 0 Å². The predicted octanol–water partition coefficient (Wildman–Crippen LogP) is 5.16. The van der Waals surface area contributed by atoms with Crippen molar-refractivity contribution in [1.29, 1.82) is 0 Å². The molecule has 0 aliphatic rings. The van der Waals surface area contributed by atoms with Gasteiger partial charge >= 0.3 is 0 Å². The molecule has 0 atom stereocenters. The van der Waals surface area contributed by atoms with Crippen LogP contribution in [0.3, 0.4) is 0 Å². The highest BCUT2D eigenvalue weighted by Crippen LogP contribution is 2.38. The van der Waals surface area contributed by atoms with Crippen LogP contribution >= 0.6 is 0 Å². The van der Waals surface area contributed by atoms with Crippen LogP contribution in [0, 0.1) is 6.57 Å². The van der Waals surface area contributed by atoms with Crippen molar-refractivity contribution in [2.75, 3.05) is 6.54 Å². The molecule has 0 spiro atoms. The van der Waals surface area contributed by atoms with E-state index in [0.29, 0.717) is 12.2 Å². The van der Waals surface area contributed by atoms with E-state index < -0.39 is 0 Å². The Bertz CT molecular complexity index is 1430. The molecule has 0 bridgehead atoms. The minimum atomic E-state index is 0.628. The molecule has 6 nitrogen and oxygen atoms in total. The summed E-state index contributed by atoms with van der Waals surface area (Å²) in [7, 11) is 1.95. The second-order valence-corrected chi connectivity index (χ2v) is 7.63. The van der Waals surface area contributed by atoms with Crippen LogP contribution in [0.15, 0.2) is 67.1 Å². The van der Waals surface area contributed by atoms with Gasteiger partial charge in [0.05, 0.1) is 35.7 Å². The number of pyridine rings is 1. The van der Waals surface area contributed by atoms with Gasteiger partial charge in [0.25, 0.3) is 0 Å². The van der Waals surface area contributed by atoms with Crippen molar-refractivity contribution in [3.8, 4) is 22.4 Å². The molecule has 0 saturated heterocycles. The van der Waals surface area contributed by atoms with Crippen LogP contribution in [0.2, 0.25) is 0 Å². The molecular formula is C25H22N6. The third kappa shape index (κ3) is 3.25. The molecule has 0 fully saturated rings. The summed E-state index contributed by atoms with van der Waals surface area (Å²) in [4.78, 5) is 8.44. The predicted molar refractivity (Wildman–Crippen MR) is 125 cm³/mol. The second-order valence-electron chi connectivity index (χ2n) is 7.63. The van der Waals surface area contributed by atoms with E-state index in [1.54, 1.807) is 0 Å². The Hall–Kier alpha value is -3.95. The van der Waals surface area contributed by atoms with Gasteiger partial charge in [0.15, 0.2) is 5.69 Å². The van der Waals surface area contributed by atoms with Crippen LogP contribution in [-0.2, 0) is 13.6 Å². The lowest BCUT2D eigenvalue weighted by Crippen LogP contribution is -2.05. The van der Waals surface area contributed by atoms with Gasteiger partial charge in [-0.3, -0.25) is 9.67 Å². The van der Waals surface area contributed by atoms with Gasteiger partial charge < -0.3 is 10.3 Å². The van der Waals surface area contributed by atoms with E-state index in [1.165, 1.54) is 0 Å². The monoisotopic (exact) mass is 406 g/mol. The maximum atomic E-state index is 7.26. The maximum absolute atomic E-state index is 7.26. The van der Waals surface area contributed by atoms with Gasteiger partial charge in [-0.25, -0.2) is 4.85 Å². The number of rotatable bonds is 5. The zero-order valence-corrected chi connectivity index (χ0v) is 17.3. The van der Waals surface area contributed by atoms with Crippen molar-refractivity contribution in [3.05, 3.63) is 78.5 Å². The summed E-state index contributed by atoms with van der Waals surface area (Å²) in [6, 6.07) is 16.2. The third-order valence-electron chi connectivity index (χ3n) is 5.74. The molecule has 152 valence electrons. The summed E-state index contributed by atoms with van der Waals surface area (Å²) in [5.41, 5.74) is 12.6. The lowest BCUT2D eigenvalue weighted by Gasteiger charge is -2.13. The standard InChI is InChI=1S/C25H22N6/c1-27-20-7-4-17(5-8-20)24-21-10-13-31(12-3-11-26)23(21)16-28-25(24)18-6-9-22-19(14-18)15-29-30(22)2/h4-10,13-16H,3,11-12,26H2,2H3. The van der Waals surface area contributed by atoms with E-state index in [4.69, 9.17) is 17.3 Å². The van der Waals surface area contributed by atoms with E-state index in [1.807, 2.05) is 48.4 Å². The first-order valence-corrected chi connectivity index (χ1v) is 10.3. The fraction of sp³-hybridized carbons (Fsp3) is 0.160. The molecule has 5 aromatic rings. The zero-order chi connectivity index (χ0) is 21.4. The van der Waals surface area contributed by atoms with E-state index >= 15 is 0 Å². The smallest absolute Gasteiger partial charge is 0.187 e. The molecule has 0 aliphatic heterocycles. The number of hydrogen-bond acceptors (Lipinski definition) is 3. The van der Waals surface area contributed by atoms with Crippen molar-refractivity contribution in [3.63, 3.8) is 0 Å². The summed E-state index contributed by atoms with van der Waals surface area (Å²) in [5, 5.41) is 6.59. The fourth-order valence-electron chi connectivity index (χ4n) is 4.14. The number of aromatic nitrogens is 4. The number of nitrogens with two attached hydrogens (primary N) is 1. The van der Waals surface area contributed by atoms with Crippen LogP contribution in [0.5, 0.6) is 0 Å². The first-order chi connectivity index (χ1) is 15.2. The zero-order valence-electron chi connectivity index (χ0n) is 17.3. The molecule has 0 amide bonds. The Morgan fingerprint density at radius 3 is 2.58 bits per heavy atom. The van der Waals surface area contributed by atoms with E-state index in [9.17, 15) is 0 Å². The van der Waals surface area contributed by atoms with E-state index in [-0.39, 0.29) is 0 Å². The van der Waals surface area contributed by atoms with Gasteiger partial charge in [-0.2, -0.15) is 5.10 Å². The van der Waals surface area contributed by atoms with Crippen LogP contribution in [0.4, 0.5) is 5.69 Å². The minimum absolute atomic E-state index is 0.628. The molecule has 6 heteroatoms. The maximum Gasteiger partial charge on any atom is 0.187 e. The van der Waals surface area contributed by atoms with Gasteiger partial charge in [-0.15, -0.1) is 0 Å². The molecule has 3 aromatic heterocycles. The second kappa shape index (κ2) is 7.71. The van der Waals surface area contributed by atoms with Crippen LogP contribution in [0.1, 0.15) is 6.42 Å². The number of benzene rings is 2. The van der Waals surface area contributed by atoms with Crippen molar-refractivity contribution < 1.29 is 0 Å². The molecule has 3 heterocycles. The molecule has 0 aliphatic carbocycles. The molecule has 2 aromatic carbocycles. The highest BCUT2D eigenvalue weighted by molar-refractivity contribution is 6.02. The highest BCUT2D eigenvalue weighted by Gasteiger charge is 2.16. The van der Waals surface area contributed by atoms with Crippen LogP contribution < -0.4 is 5.73 Å². The Balaban J connectivity index is 1.75. The molecule has 2 N–H and O–H groups in total. The number of fused-ring (bicyclic) bond motifs is 2. The summed E-state index contributed by atoms with van der Waals surface area (Å²) >= 11 is 0. The minimum Gasteiger partial charge on any atom is -0.346 e. The van der Waals surface area contributed by atoms with Gasteiger partial charge in [0.1, 0.15) is 0 Å². The third-order valence-corrected chi connectivity index (χ3v) is 5.74. The first kappa shape index (κ1) is 19.0. The normalized spacial score (nSPS) is 11.3. The van der Waals surface area contributed by atoms with Gasteiger partial charge in [-0.1, -0.05) is 30.3 Å². The molecule has 0 saturated carbocycles. The summed E-state index contributed by atoms with van der Waals surface area (Å²) < 4.78 is 4.08. The Morgan fingerprint density at radius 2 is 1.81 bits per heavy atom. The molecule has 5 rings (SSSR count).